The first-order valence-corrected chi connectivity index (χ1v) is 6.82. The van der Waals surface area contributed by atoms with Gasteiger partial charge in [-0.3, -0.25) is 4.79 Å². The lowest BCUT2D eigenvalue weighted by Crippen LogP contribution is -2.14. The van der Waals surface area contributed by atoms with Crippen molar-refractivity contribution in [2.75, 3.05) is 19.5 Å². The van der Waals surface area contributed by atoms with Gasteiger partial charge in [0.2, 0.25) is 0 Å². The summed E-state index contributed by atoms with van der Waals surface area (Å²) in [6.07, 6.45) is 1.86. The molecule has 0 atom stereocenters. The van der Waals surface area contributed by atoms with Gasteiger partial charge < -0.3 is 19.8 Å². The van der Waals surface area contributed by atoms with Crippen molar-refractivity contribution in [3.8, 4) is 11.5 Å². The van der Waals surface area contributed by atoms with Gasteiger partial charge in [-0.05, 0) is 36.4 Å². The van der Waals surface area contributed by atoms with Crippen LogP contribution in [0.3, 0.4) is 0 Å². The first-order chi connectivity index (χ1) is 10.7. The molecule has 0 radical (unpaired) electrons. The second-order valence-corrected chi connectivity index (χ2v) is 4.77. The number of ether oxygens (including phenoxy) is 2. The third-order valence-corrected chi connectivity index (χ3v) is 3.47. The van der Waals surface area contributed by atoms with E-state index in [2.05, 4.69) is 10.3 Å². The Labute approximate surface area is 127 Å². The molecule has 2 aromatic carbocycles. The zero-order valence-electron chi connectivity index (χ0n) is 12.3. The van der Waals surface area contributed by atoms with Gasteiger partial charge in [-0.25, -0.2) is 0 Å². The van der Waals surface area contributed by atoms with E-state index < -0.39 is 0 Å². The molecule has 0 unspecified atom stereocenters. The van der Waals surface area contributed by atoms with Crippen LogP contribution in [0.25, 0.3) is 10.9 Å². The van der Waals surface area contributed by atoms with Gasteiger partial charge in [0.25, 0.3) is 5.91 Å². The zero-order chi connectivity index (χ0) is 15.5. The Hall–Kier alpha value is -2.95. The first-order valence-electron chi connectivity index (χ1n) is 6.82. The number of benzene rings is 2. The standard InChI is InChI=1S/C17H16N2O3/c1-21-14-4-3-5-15(22-2)16(14)17(20)19-12-6-7-13-11(10-12)8-9-18-13/h3-10,18H,1-2H3,(H,19,20). The van der Waals surface area contributed by atoms with Crippen molar-refractivity contribution in [3.63, 3.8) is 0 Å². The topological polar surface area (TPSA) is 63.4 Å². The lowest BCUT2D eigenvalue weighted by Gasteiger charge is -2.13. The van der Waals surface area contributed by atoms with Crippen LogP contribution < -0.4 is 14.8 Å². The van der Waals surface area contributed by atoms with Crippen molar-refractivity contribution >= 4 is 22.5 Å². The monoisotopic (exact) mass is 296 g/mol. The van der Waals surface area contributed by atoms with Crippen LogP contribution in [0.15, 0.2) is 48.7 Å². The first kappa shape index (κ1) is 14.0. The summed E-state index contributed by atoms with van der Waals surface area (Å²) in [4.78, 5) is 15.7. The van der Waals surface area contributed by atoms with E-state index in [4.69, 9.17) is 9.47 Å². The highest BCUT2D eigenvalue weighted by Crippen LogP contribution is 2.29. The number of methoxy groups -OCH3 is 2. The normalized spacial score (nSPS) is 10.5. The molecule has 3 rings (SSSR count). The van der Waals surface area contributed by atoms with Gasteiger partial charge in [0.15, 0.2) is 0 Å². The summed E-state index contributed by atoms with van der Waals surface area (Å²) in [5.74, 6) is 0.670. The number of aromatic amines is 1. The number of nitrogens with one attached hydrogen (secondary N) is 2. The van der Waals surface area contributed by atoms with E-state index in [1.165, 1.54) is 14.2 Å². The Morgan fingerprint density at radius 3 is 2.45 bits per heavy atom. The van der Waals surface area contributed by atoms with E-state index in [-0.39, 0.29) is 5.91 Å². The number of anilines is 1. The third kappa shape index (κ3) is 2.48. The Balaban J connectivity index is 1.94. The average Bonchev–Trinajstić information content (AvgIpc) is 3.01. The molecular formula is C17H16N2O3. The Kier molecular flexibility index (Phi) is 3.70. The van der Waals surface area contributed by atoms with Gasteiger partial charge in [0.05, 0.1) is 14.2 Å². The van der Waals surface area contributed by atoms with Crippen molar-refractivity contribution < 1.29 is 14.3 Å². The Morgan fingerprint density at radius 1 is 1.05 bits per heavy atom. The SMILES string of the molecule is COc1cccc(OC)c1C(=O)Nc1ccc2[nH]ccc2c1. The van der Waals surface area contributed by atoms with E-state index in [1.807, 2.05) is 30.5 Å². The highest BCUT2D eigenvalue weighted by molar-refractivity contribution is 6.08. The number of H-pyrrole nitrogens is 1. The molecule has 22 heavy (non-hydrogen) atoms. The van der Waals surface area contributed by atoms with Crippen LogP contribution in [0.5, 0.6) is 11.5 Å². The molecule has 3 aromatic rings. The lowest BCUT2D eigenvalue weighted by atomic mass is 10.1. The van der Waals surface area contributed by atoms with Crippen LogP contribution in [0.4, 0.5) is 5.69 Å². The van der Waals surface area contributed by atoms with Crippen molar-refractivity contribution in [2.45, 2.75) is 0 Å². The second kappa shape index (κ2) is 5.81. The third-order valence-electron chi connectivity index (χ3n) is 3.47. The summed E-state index contributed by atoms with van der Waals surface area (Å²) in [6, 6.07) is 12.9. The highest BCUT2D eigenvalue weighted by atomic mass is 16.5. The molecule has 0 bridgehead atoms. The molecule has 0 saturated carbocycles. The summed E-state index contributed by atoms with van der Waals surface area (Å²) < 4.78 is 10.5. The quantitative estimate of drug-likeness (QED) is 0.775. The van der Waals surface area contributed by atoms with Crippen molar-refractivity contribution in [1.82, 2.24) is 4.98 Å². The van der Waals surface area contributed by atoms with Crippen molar-refractivity contribution in [2.24, 2.45) is 0 Å². The molecule has 0 spiro atoms. The molecule has 0 aliphatic carbocycles. The fourth-order valence-electron chi connectivity index (χ4n) is 2.40. The maximum absolute atomic E-state index is 12.6. The van der Waals surface area contributed by atoms with E-state index in [1.54, 1.807) is 18.2 Å². The molecule has 112 valence electrons. The van der Waals surface area contributed by atoms with E-state index in [9.17, 15) is 4.79 Å². The molecule has 1 amide bonds. The van der Waals surface area contributed by atoms with Gasteiger partial charge >= 0.3 is 0 Å². The molecule has 0 aliphatic rings. The number of hydrogen-bond acceptors (Lipinski definition) is 3. The number of rotatable bonds is 4. The largest absolute Gasteiger partial charge is 0.496 e. The number of amides is 1. The fourth-order valence-corrected chi connectivity index (χ4v) is 2.40. The maximum atomic E-state index is 12.6. The predicted molar refractivity (Wildman–Crippen MR) is 85.8 cm³/mol. The fraction of sp³-hybridized carbons (Fsp3) is 0.118. The smallest absolute Gasteiger partial charge is 0.263 e. The average molecular weight is 296 g/mol. The summed E-state index contributed by atoms with van der Waals surface area (Å²) in [6.45, 7) is 0. The minimum absolute atomic E-state index is 0.274. The van der Waals surface area contributed by atoms with Crippen molar-refractivity contribution in [3.05, 3.63) is 54.2 Å². The summed E-state index contributed by atoms with van der Waals surface area (Å²) in [7, 11) is 3.05. The molecule has 2 N–H and O–H groups in total. The van der Waals surface area contributed by atoms with Gasteiger partial charge in [-0.1, -0.05) is 6.07 Å². The molecular weight excluding hydrogens is 280 g/mol. The highest BCUT2D eigenvalue weighted by Gasteiger charge is 2.18. The van der Waals surface area contributed by atoms with Crippen molar-refractivity contribution in [1.29, 1.82) is 0 Å². The molecule has 1 aromatic heterocycles. The van der Waals surface area contributed by atoms with Gasteiger partial charge in [0, 0.05) is 22.8 Å². The molecule has 0 saturated heterocycles. The number of aromatic nitrogens is 1. The minimum Gasteiger partial charge on any atom is -0.496 e. The Bertz CT molecular complexity index is 801. The van der Waals surface area contributed by atoms with E-state index in [0.29, 0.717) is 22.7 Å². The summed E-state index contributed by atoms with van der Waals surface area (Å²) in [5.41, 5.74) is 2.11. The number of hydrogen-bond donors (Lipinski definition) is 2. The van der Waals surface area contributed by atoms with E-state index >= 15 is 0 Å². The van der Waals surface area contributed by atoms with Gasteiger partial charge in [0.1, 0.15) is 17.1 Å². The molecule has 5 heteroatoms. The number of carbonyl (C=O) groups excluding carboxylic acids is 1. The van der Waals surface area contributed by atoms with Crippen LogP contribution in [0, 0.1) is 0 Å². The van der Waals surface area contributed by atoms with Crippen LogP contribution in [0.2, 0.25) is 0 Å². The lowest BCUT2D eigenvalue weighted by molar-refractivity contribution is 0.102. The summed E-state index contributed by atoms with van der Waals surface area (Å²) in [5, 5.41) is 3.91. The van der Waals surface area contributed by atoms with Crippen LogP contribution in [-0.2, 0) is 0 Å². The van der Waals surface area contributed by atoms with Gasteiger partial charge in [-0.2, -0.15) is 0 Å². The van der Waals surface area contributed by atoms with Crippen LogP contribution in [0.1, 0.15) is 10.4 Å². The van der Waals surface area contributed by atoms with E-state index in [0.717, 1.165) is 10.9 Å². The van der Waals surface area contributed by atoms with Gasteiger partial charge in [-0.15, -0.1) is 0 Å². The van der Waals surface area contributed by atoms with Crippen LogP contribution in [-0.4, -0.2) is 25.1 Å². The zero-order valence-corrected chi connectivity index (χ0v) is 12.3. The minimum atomic E-state index is -0.274. The number of carbonyl (C=O) groups is 1. The van der Waals surface area contributed by atoms with Crippen LogP contribution >= 0.6 is 0 Å². The molecule has 0 aliphatic heterocycles. The molecule has 5 nitrogen and oxygen atoms in total. The second-order valence-electron chi connectivity index (χ2n) is 4.77. The maximum Gasteiger partial charge on any atom is 0.263 e. The molecule has 1 heterocycles. The summed E-state index contributed by atoms with van der Waals surface area (Å²) >= 11 is 0. The number of fused-ring (bicyclic) bond motifs is 1. The predicted octanol–water partition coefficient (Wildman–Crippen LogP) is 3.44. The Morgan fingerprint density at radius 2 is 1.77 bits per heavy atom. The molecule has 0 fully saturated rings.